The number of hydrogen-bond donors (Lipinski definition) is 3. The van der Waals surface area contributed by atoms with Crippen LogP contribution in [0.2, 0.25) is 50.2 Å². The number of carbonyl (C=O) groups is 3. The third kappa shape index (κ3) is 18.1. The van der Waals surface area contributed by atoms with Crippen LogP contribution in [-0.4, -0.2) is 153 Å². The molecule has 0 bridgehead atoms. The van der Waals surface area contributed by atoms with Crippen LogP contribution in [0.15, 0.2) is 107 Å². The number of nitrogens with two attached hydrogens (primary N) is 3. The zero-order valence-electron chi connectivity index (χ0n) is 75.8. The highest BCUT2D eigenvalue weighted by Gasteiger charge is 2.40. The summed E-state index contributed by atoms with van der Waals surface area (Å²) in [6.07, 6.45) is 8.60. The highest BCUT2D eigenvalue weighted by atomic mass is 35.5. The van der Waals surface area contributed by atoms with E-state index in [9.17, 15) is 66.5 Å². The number of pyridine rings is 9. The number of hydrogen-bond acceptors (Lipinski definition) is 21. The van der Waals surface area contributed by atoms with Gasteiger partial charge in [-0.3, -0.25) is 57.4 Å². The lowest BCUT2D eigenvalue weighted by molar-refractivity contribution is -0.129. The van der Waals surface area contributed by atoms with Crippen molar-refractivity contribution in [2.75, 3.05) is 90.8 Å². The van der Waals surface area contributed by atoms with E-state index in [1.54, 1.807) is 71.4 Å². The maximum Gasteiger partial charge on any atom is 0.276 e. The Morgan fingerprint density at radius 1 is 0.399 bits per heavy atom. The van der Waals surface area contributed by atoms with Gasteiger partial charge in [-0.05, 0) is 131 Å². The molecule has 138 heavy (non-hydrogen) atoms. The van der Waals surface area contributed by atoms with E-state index in [-0.39, 0.29) is 184 Å². The van der Waals surface area contributed by atoms with Crippen molar-refractivity contribution in [1.82, 2.24) is 58.3 Å². The van der Waals surface area contributed by atoms with Crippen LogP contribution in [0.1, 0.15) is 131 Å². The molecule has 714 valence electrons. The lowest BCUT2D eigenvalue weighted by atomic mass is 10.0. The van der Waals surface area contributed by atoms with Crippen LogP contribution < -0.4 is 48.6 Å². The van der Waals surface area contributed by atoms with Gasteiger partial charge in [0.15, 0.2) is 29.1 Å². The normalized spacial score (nSPS) is 15.0. The molecule has 12 heterocycles. The summed E-state index contributed by atoms with van der Waals surface area (Å²) in [6.45, 7) is 35.8. The second-order valence-corrected chi connectivity index (χ2v) is 37.6. The Morgan fingerprint density at radius 2 is 0.652 bits per heavy atom. The zero-order chi connectivity index (χ0) is 101. The molecule has 3 atom stereocenters. The smallest absolute Gasteiger partial charge is 0.276 e. The van der Waals surface area contributed by atoms with Gasteiger partial charge in [-0.15, -0.1) is 0 Å². The Hall–Kier alpha value is -12.4. The standard InChI is InChI=1S/C32H28Cl4FN7O2.2C32H28Cl3F2N7O2/c3*1-6-20(45)43-10-9-42(13-16(43)5)30-17-11-19(33)28(21-22(34)24(36)25(37)26(39)23(21)35)41-31(17)44(32(46)18(30)12-38)29-15(4)7-8-40-27(29)14(2)3/h3*6-8,11,14,16H,1,9-10,13,39H2,2-5H3/t3*16-/m111/s1. The Morgan fingerprint density at radius 3 is 0.891 bits per heavy atom. The van der Waals surface area contributed by atoms with E-state index in [0.717, 1.165) is 0 Å². The Bertz CT molecular complexity index is 6780. The molecule has 0 unspecified atom stereocenters. The number of fused-ring (bicyclic) bond motifs is 3. The molecular formula is C96H84Cl10F5N21O6. The number of benzene rings is 3. The number of nitrogens with zero attached hydrogens (tertiary/aromatic N) is 18. The molecule has 3 aromatic carbocycles. The fourth-order valence-electron chi connectivity index (χ4n) is 17.5. The molecule has 0 radical (unpaired) electrons. The average molecular weight is 2080 g/mol. The van der Waals surface area contributed by atoms with Crippen molar-refractivity contribution >= 4 is 201 Å². The van der Waals surface area contributed by atoms with E-state index in [4.69, 9.17) is 148 Å². The predicted molar refractivity (Wildman–Crippen MR) is 536 cm³/mol. The van der Waals surface area contributed by atoms with E-state index in [0.29, 0.717) is 105 Å². The predicted octanol–water partition coefficient (Wildman–Crippen LogP) is 20.9. The largest absolute Gasteiger partial charge is 0.395 e. The van der Waals surface area contributed by atoms with Gasteiger partial charge in [0.2, 0.25) is 17.7 Å². The van der Waals surface area contributed by atoms with Crippen LogP contribution in [0.5, 0.6) is 0 Å². The van der Waals surface area contributed by atoms with Crippen LogP contribution in [0.4, 0.5) is 56.1 Å². The van der Waals surface area contributed by atoms with E-state index >= 15 is 0 Å². The molecule has 3 saturated heterocycles. The summed E-state index contributed by atoms with van der Waals surface area (Å²) in [7, 11) is 0. The van der Waals surface area contributed by atoms with E-state index in [1.807, 2.05) is 83.9 Å². The fourth-order valence-corrected chi connectivity index (χ4v) is 20.2. The summed E-state index contributed by atoms with van der Waals surface area (Å²) in [6, 6.07) is 15.1. The first kappa shape index (κ1) is 103. The minimum atomic E-state index is -1.44. The first-order valence-electron chi connectivity index (χ1n) is 42.6. The number of carbonyl (C=O) groups excluding carboxylic acids is 3. The number of nitriles is 3. The van der Waals surface area contributed by atoms with Crippen molar-refractivity contribution in [3.63, 3.8) is 0 Å². The second-order valence-electron chi connectivity index (χ2n) is 33.8. The number of aryl methyl sites for hydroxylation is 3. The molecule has 3 fully saturated rings. The van der Waals surface area contributed by atoms with E-state index < -0.39 is 87.9 Å². The molecule has 0 saturated carbocycles. The van der Waals surface area contributed by atoms with Gasteiger partial charge >= 0.3 is 0 Å². The van der Waals surface area contributed by atoms with Crippen LogP contribution in [0.3, 0.4) is 0 Å². The summed E-state index contributed by atoms with van der Waals surface area (Å²) < 4.78 is 77.2. The molecular weight excluding hydrogens is 1990 g/mol. The van der Waals surface area contributed by atoms with Crippen LogP contribution >= 0.6 is 116 Å². The SMILES string of the molecule is C=CC(=O)N1CCN(c2c(C#N)c(=O)n(-c3c(C)ccnc3C(C)C)c3nc(-c4c(Cl)c(N)c(F)c(Cl)c4Cl)c(Cl)cc23)C[C@H]1C.C=CC(=O)N1CCN(c2c(C#N)c(=O)n(-c3c(C)ccnc3C(C)C)c3nc(-c4c(Cl)c(N)c(F)c(F)c4Cl)c(Cl)cc23)C[C@H]1C.C=CC(=O)N1CCN(c2c(C#N)c(=O)n(-c3c(C)ccnc3C(C)C)c3nc(-c4c(Cl)c(N)c(F)c(F)c4Cl)c(Cl)cc23)C[C@H]1C. The van der Waals surface area contributed by atoms with Gasteiger partial charge in [0, 0.05) is 128 Å². The van der Waals surface area contributed by atoms with Gasteiger partial charge in [0.1, 0.15) is 51.8 Å². The summed E-state index contributed by atoms with van der Waals surface area (Å²) in [5.41, 5.74) is 18.1. The monoisotopic (exact) mass is 2070 g/mol. The van der Waals surface area contributed by atoms with Crippen LogP contribution in [0.25, 0.3) is 83.9 Å². The van der Waals surface area contributed by atoms with E-state index in [1.165, 1.54) is 44.1 Å². The molecule has 3 amide bonds. The highest BCUT2D eigenvalue weighted by Crippen LogP contribution is 2.51. The molecule has 0 spiro atoms. The summed E-state index contributed by atoms with van der Waals surface area (Å²) in [5, 5.41) is 29.0. The molecule has 42 heteroatoms. The quantitative estimate of drug-likeness (QED) is 0.0282. The van der Waals surface area contributed by atoms with Crippen molar-refractivity contribution < 1.29 is 36.3 Å². The maximum atomic E-state index is 14.9. The first-order chi connectivity index (χ1) is 65.2. The molecule has 3 aliphatic heterocycles. The van der Waals surface area contributed by atoms with Crippen LogP contribution in [-0.2, 0) is 14.4 Å². The highest BCUT2D eigenvalue weighted by molar-refractivity contribution is 6.48. The van der Waals surface area contributed by atoms with Crippen molar-refractivity contribution in [3.05, 3.63) is 254 Å². The Balaban J connectivity index is 0.000000175. The lowest BCUT2D eigenvalue weighted by Crippen LogP contribution is -2.54. The number of rotatable bonds is 15. The van der Waals surface area contributed by atoms with Crippen LogP contribution in [0, 0.1) is 83.9 Å². The molecule has 15 rings (SSSR count). The van der Waals surface area contributed by atoms with Crippen molar-refractivity contribution in [2.45, 2.75) is 119 Å². The van der Waals surface area contributed by atoms with Gasteiger partial charge in [-0.25, -0.2) is 36.9 Å². The number of amides is 3. The molecule has 12 aromatic rings. The van der Waals surface area contributed by atoms with Crippen molar-refractivity contribution in [1.29, 1.82) is 15.8 Å². The summed E-state index contributed by atoms with van der Waals surface area (Å²) >= 11 is 65.0. The Kier molecular flexibility index (Phi) is 30.6. The topological polar surface area (TPSA) is 363 Å². The zero-order valence-corrected chi connectivity index (χ0v) is 83.3. The number of anilines is 6. The number of aromatic nitrogens is 9. The number of piperazine rings is 3. The maximum absolute atomic E-state index is 14.9. The minimum Gasteiger partial charge on any atom is -0.395 e. The summed E-state index contributed by atoms with van der Waals surface area (Å²) in [5.74, 6) is -7.86. The molecule has 0 aliphatic carbocycles. The van der Waals surface area contributed by atoms with Gasteiger partial charge in [-0.2, -0.15) is 15.8 Å². The van der Waals surface area contributed by atoms with Gasteiger partial charge in [0.05, 0.1) is 136 Å². The van der Waals surface area contributed by atoms with Gasteiger partial charge in [0.25, 0.3) is 16.7 Å². The second kappa shape index (κ2) is 41.0. The third-order valence-corrected chi connectivity index (χ3v) is 27.7. The minimum absolute atomic E-state index is 0.0102. The van der Waals surface area contributed by atoms with Gasteiger partial charge < -0.3 is 46.6 Å². The molecule has 27 nitrogen and oxygen atoms in total. The van der Waals surface area contributed by atoms with Gasteiger partial charge in [-0.1, -0.05) is 177 Å². The summed E-state index contributed by atoms with van der Waals surface area (Å²) in [4.78, 5) is 119. The van der Waals surface area contributed by atoms with Crippen molar-refractivity contribution in [2.24, 2.45) is 0 Å². The first-order valence-corrected chi connectivity index (χ1v) is 46.4. The number of halogens is 15. The number of nitrogen functional groups attached to an aromatic ring is 3. The lowest BCUT2D eigenvalue weighted by Gasteiger charge is -2.41. The molecule has 6 N–H and O–H groups in total. The van der Waals surface area contributed by atoms with Crippen molar-refractivity contribution in [3.8, 4) is 69.0 Å². The third-order valence-electron chi connectivity index (χ3n) is 24.1. The fraction of sp³-hybridized carbons (Fsp3) is 0.281. The Labute approximate surface area is 837 Å². The molecule has 9 aromatic heterocycles. The average Bonchev–Trinajstić information content (AvgIpc) is 0.726. The molecule has 3 aliphatic rings. The van der Waals surface area contributed by atoms with E-state index in [2.05, 4.69) is 52.9 Å².